The van der Waals surface area contributed by atoms with Crippen LogP contribution in [0.25, 0.3) is 5.65 Å². The molecule has 0 saturated carbocycles. The largest absolute Gasteiger partial charge is 0.343 e. The molecule has 0 N–H and O–H groups in total. The molecule has 0 unspecified atom stereocenters. The summed E-state index contributed by atoms with van der Waals surface area (Å²) in [5.41, 5.74) is 4.29. The molecule has 1 fully saturated rings. The van der Waals surface area contributed by atoms with Gasteiger partial charge < -0.3 is 4.90 Å². The molecular formula is C19H24N6O. The molecule has 1 amide bonds. The smallest absolute Gasteiger partial charge is 0.222 e. The van der Waals surface area contributed by atoms with E-state index in [2.05, 4.69) is 10.2 Å². The van der Waals surface area contributed by atoms with Gasteiger partial charge >= 0.3 is 0 Å². The zero-order valence-electron chi connectivity index (χ0n) is 15.3. The van der Waals surface area contributed by atoms with Gasteiger partial charge in [0.1, 0.15) is 0 Å². The van der Waals surface area contributed by atoms with Gasteiger partial charge in [0.05, 0.1) is 12.4 Å². The third-order valence-electron chi connectivity index (χ3n) is 5.49. The van der Waals surface area contributed by atoms with E-state index in [4.69, 9.17) is 4.98 Å². The zero-order chi connectivity index (χ0) is 18.1. The highest BCUT2D eigenvalue weighted by atomic mass is 16.2. The lowest BCUT2D eigenvalue weighted by Gasteiger charge is -2.31. The second kappa shape index (κ2) is 6.90. The lowest BCUT2D eigenvalue weighted by Crippen LogP contribution is -2.38. The van der Waals surface area contributed by atoms with Crippen molar-refractivity contribution in [3.8, 4) is 0 Å². The molecule has 1 saturated heterocycles. The number of hydrogen-bond donors (Lipinski definition) is 0. The van der Waals surface area contributed by atoms with E-state index in [9.17, 15) is 4.79 Å². The Labute approximate surface area is 152 Å². The number of aromatic nitrogens is 5. The number of carbonyl (C=O) groups excluding carboxylic acids is 1. The summed E-state index contributed by atoms with van der Waals surface area (Å²) >= 11 is 0. The SMILES string of the molecule is Cc1c(CCC(=O)N2CCC(c3ccn4nccc4n3)CC2)cnn1C. The van der Waals surface area contributed by atoms with Crippen molar-refractivity contribution in [2.45, 2.75) is 38.5 Å². The van der Waals surface area contributed by atoms with Crippen molar-refractivity contribution in [1.29, 1.82) is 0 Å². The molecule has 136 valence electrons. The molecule has 26 heavy (non-hydrogen) atoms. The number of carbonyl (C=O) groups is 1. The van der Waals surface area contributed by atoms with E-state index in [1.807, 2.05) is 48.1 Å². The van der Waals surface area contributed by atoms with Crippen molar-refractivity contribution >= 4 is 11.6 Å². The first-order valence-corrected chi connectivity index (χ1v) is 9.17. The summed E-state index contributed by atoms with van der Waals surface area (Å²) in [6.07, 6.45) is 8.84. The monoisotopic (exact) mass is 352 g/mol. The maximum absolute atomic E-state index is 12.5. The number of likely N-dealkylation sites (tertiary alicyclic amines) is 1. The van der Waals surface area contributed by atoms with Crippen LogP contribution in [0, 0.1) is 6.92 Å². The van der Waals surface area contributed by atoms with Crippen LogP contribution < -0.4 is 0 Å². The van der Waals surface area contributed by atoms with Crippen LogP contribution >= 0.6 is 0 Å². The van der Waals surface area contributed by atoms with Gasteiger partial charge in [-0.1, -0.05) is 0 Å². The molecule has 0 bridgehead atoms. The maximum Gasteiger partial charge on any atom is 0.222 e. The van der Waals surface area contributed by atoms with Crippen LogP contribution in [0.1, 0.15) is 42.1 Å². The average molecular weight is 352 g/mol. The van der Waals surface area contributed by atoms with E-state index in [0.717, 1.165) is 55.0 Å². The minimum absolute atomic E-state index is 0.242. The van der Waals surface area contributed by atoms with E-state index < -0.39 is 0 Å². The van der Waals surface area contributed by atoms with Gasteiger partial charge in [-0.05, 0) is 37.8 Å². The molecule has 0 atom stereocenters. The number of hydrogen-bond acceptors (Lipinski definition) is 4. The van der Waals surface area contributed by atoms with Crippen molar-refractivity contribution in [3.63, 3.8) is 0 Å². The second-order valence-electron chi connectivity index (χ2n) is 7.02. The van der Waals surface area contributed by atoms with E-state index in [1.54, 1.807) is 10.7 Å². The Hall–Kier alpha value is -2.70. The molecule has 3 aromatic heterocycles. The second-order valence-corrected chi connectivity index (χ2v) is 7.02. The molecular weight excluding hydrogens is 328 g/mol. The van der Waals surface area contributed by atoms with E-state index in [-0.39, 0.29) is 5.91 Å². The standard InChI is InChI=1S/C19H24N6O/c1-14-16(13-21-23(14)2)3-4-19(26)24-10-6-15(7-11-24)17-8-12-25-18(22-17)5-9-20-25/h5,8-9,12-13,15H,3-4,6-7,10-11H2,1-2H3. The summed E-state index contributed by atoms with van der Waals surface area (Å²) in [6.45, 7) is 3.66. The van der Waals surface area contributed by atoms with Gasteiger partial charge in [-0.2, -0.15) is 10.2 Å². The Morgan fingerprint density at radius 1 is 1.23 bits per heavy atom. The van der Waals surface area contributed by atoms with Crippen LogP contribution in [-0.4, -0.2) is 48.3 Å². The van der Waals surface area contributed by atoms with Crippen molar-refractivity contribution < 1.29 is 4.79 Å². The molecule has 0 aliphatic carbocycles. The van der Waals surface area contributed by atoms with Gasteiger partial charge in [0.25, 0.3) is 0 Å². The minimum Gasteiger partial charge on any atom is -0.343 e. The molecule has 3 aromatic rings. The van der Waals surface area contributed by atoms with Crippen LogP contribution in [0.4, 0.5) is 0 Å². The number of nitrogens with zero attached hydrogens (tertiary/aromatic N) is 6. The fraction of sp³-hybridized carbons (Fsp3) is 0.474. The Bertz CT molecular complexity index is 919. The van der Waals surface area contributed by atoms with E-state index in [1.165, 1.54) is 0 Å². The highest BCUT2D eigenvalue weighted by Crippen LogP contribution is 2.27. The highest BCUT2D eigenvalue weighted by Gasteiger charge is 2.24. The highest BCUT2D eigenvalue weighted by molar-refractivity contribution is 5.76. The summed E-state index contributed by atoms with van der Waals surface area (Å²) in [4.78, 5) is 19.2. The Balaban J connectivity index is 1.32. The molecule has 0 aromatic carbocycles. The molecule has 7 heteroatoms. The van der Waals surface area contributed by atoms with Gasteiger partial charge in [-0.25, -0.2) is 9.50 Å². The first-order valence-electron chi connectivity index (χ1n) is 9.17. The first kappa shape index (κ1) is 16.8. The number of piperidine rings is 1. The normalized spacial score (nSPS) is 15.7. The molecule has 1 aliphatic rings. The predicted molar refractivity (Wildman–Crippen MR) is 97.8 cm³/mol. The van der Waals surface area contributed by atoms with Gasteiger partial charge in [0.2, 0.25) is 5.91 Å². The summed E-state index contributed by atoms with van der Waals surface area (Å²) in [6, 6.07) is 3.97. The number of aryl methyl sites for hydroxylation is 2. The summed E-state index contributed by atoms with van der Waals surface area (Å²) in [5, 5.41) is 8.44. The summed E-state index contributed by atoms with van der Waals surface area (Å²) in [5.74, 6) is 0.658. The Morgan fingerprint density at radius 2 is 2.04 bits per heavy atom. The van der Waals surface area contributed by atoms with Crippen LogP contribution in [0.2, 0.25) is 0 Å². The maximum atomic E-state index is 12.5. The lowest BCUT2D eigenvalue weighted by molar-refractivity contribution is -0.132. The molecule has 0 radical (unpaired) electrons. The van der Waals surface area contributed by atoms with Crippen LogP contribution in [-0.2, 0) is 18.3 Å². The average Bonchev–Trinajstić information content (AvgIpc) is 3.26. The van der Waals surface area contributed by atoms with Gasteiger partial charge in [0.15, 0.2) is 5.65 Å². The van der Waals surface area contributed by atoms with Gasteiger partial charge in [0, 0.05) is 56.1 Å². The van der Waals surface area contributed by atoms with E-state index in [0.29, 0.717) is 12.3 Å². The zero-order valence-corrected chi connectivity index (χ0v) is 15.3. The lowest BCUT2D eigenvalue weighted by atomic mass is 9.93. The molecule has 7 nitrogen and oxygen atoms in total. The van der Waals surface area contributed by atoms with Crippen molar-refractivity contribution in [3.05, 3.63) is 47.7 Å². The molecule has 1 aliphatic heterocycles. The quantitative estimate of drug-likeness (QED) is 0.721. The van der Waals surface area contributed by atoms with Crippen LogP contribution in [0.3, 0.4) is 0 Å². The summed E-state index contributed by atoms with van der Waals surface area (Å²) in [7, 11) is 1.93. The minimum atomic E-state index is 0.242. The third kappa shape index (κ3) is 3.21. The summed E-state index contributed by atoms with van der Waals surface area (Å²) < 4.78 is 3.64. The number of rotatable bonds is 4. The number of amides is 1. The molecule has 0 spiro atoms. The topological polar surface area (TPSA) is 68.3 Å². The fourth-order valence-corrected chi connectivity index (χ4v) is 3.67. The van der Waals surface area contributed by atoms with Crippen molar-refractivity contribution in [1.82, 2.24) is 29.3 Å². The van der Waals surface area contributed by atoms with Crippen LogP contribution in [0.5, 0.6) is 0 Å². The molecule has 4 rings (SSSR count). The predicted octanol–water partition coefficient (Wildman–Crippen LogP) is 2.11. The van der Waals surface area contributed by atoms with Crippen molar-refractivity contribution in [2.75, 3.05) is 13.1 Å². The van der Waals surface area contributed by atoms with Crippen molar-refractivity contribution in [2.24, 2.45) is 7.05 Å². The van der Waals surface area contributed by atoms with Gasteiger partial charge in [-0.3, -0.25) is 9.48 Å². The van der Waals surface area contributed by atoms with Gasteiger partial charge in [-0.15, -0.1) is 0 Å². The fourth-order valence-electron chi connectivity index (χ4n) is 3.67. The van der Waals surface area contributed by atoms with Crippen LogP contribution in [0.15, 0.2) is 30.7 Å². The first-order chi connectivity index (χ1) is 12.6. The Kier molecular flexibility index (Phi) is 4.44. The number of fused-ring (bicyclic) bond motifs is 1. The molecule has 4 heterocycles. The third-order valence-corrected chi connectivity index (χ3v) is 5.49. The van der Waals surface area contributed by atoms with E-state index >= 15 is 0 Å². The Morgan fingerprint density at radius 3 is 2.77 bits per heavy atom.